The molecule has 0 aromatic rings. The lowest BCUT2D eigenvalue weighted by Gasteiger charge is -2.08. The Kier molecular flexibility index (Phi) is 6.98. The molecular formula is C8H19NO. The van der Waals surface area contributed by atoms with E-state index in [0.717, 1.165) is 25.3 Å². The molecule has 10 heavy (non-hydrogen) atoms. The van der Waals surface area contributed by atoms with Gasteiger partial charge < -0.3 is 10.4 Å². The number of aliphatic hydroxyl groups is 1. The van der Waals surface area contributed by atoms with E-state index in [2.05, 4.69) is 12.2 Å². The largest absolute Gasteiger partial charge is 0.396 e. The minimum Gasteiger partial charge on any atom is -0.396 e. The molecule has 0 aliphatic heterocycles. The predicted octanol–water partition coefficient (Wildman–Crippen LogP) is 1.00. The van der Waals surface area contributed by atoms with Gasteiger partial charge in [0.25, 0.3) is 0 Å². The first-order chi connectivity index (χ1) is 4.81. The molecular weight excluding hydrogens is 126 g/mol. The van der Waals surface area contributed by atoms with E-state index in [-0.39, 0.29) is 0 Å². The topological polar surface area (TPSA) is 32.3 Å². The van der Waals surface area contributed by atoms with E-state index in [1.165, 1.54) is 6.42 Å². The SMILES string of the molecule is CNCC[C@H](C)CCCO. The summed E-state index contributed by atoms with van der Waals surface area (Å²) in [5.74, 6) is 0.750. The Balaban J connectivity index is 3.00. The van der Waals surface area contributed by atoms with Crippen LogP contribution in [0.1, 0.15) is 26.2 Å². The third-order valence-corrected chi connectivity index (χ3v) is 1.74. The van der Waals surface area contributed by atoms with Crippen LogP contribution in [0.25, 0.3) is 0 Å². The van der Waals surface area contributed by atoms with Crippen LogP contribution in [0.15, 0.2) is 0 Å². The normalized spacial score (nSPS) is 13.5. The van der Waals surface area contributed by atoms with E-state index in [4.69, 9.17) is 5.11 Å². The minimum atomic E-state index is 0.337. The molecule has 0 aromatic heterocycles. The van der Waals surface area contributed by atoms with E-state index in [1.54, 1.807) is 0 Å². The van der Waals surface area contributed by atoms with Gasteiger partial charge in [0.1, 0.15) is 0 Å². The van der Waals surface area contributed by atoms with E-state index < -0.39 is 0 Å². The van der Waals surface area contributed by atoms with Crippen LogP contribution in [0.5, 0.6) is 0 Å². The van der Waals surface area contributed by atoms with Gasteiger partial charge in [-0.25, -0.2) is 0 Å². The van der Waals surface area contributed by atoms with Crippen molar-refractivity contribution in [3.63, 3.8) is 0 Å². The van der Waals surface area contributed by atoms with Crippen LogP contribution < -0.4 is 5.32 Å². The lowest BCUT2D eigenvalue weighted by Crippen LogP contribution is -2.11. The molecule has 0 heterocycles. The van der Waals surface area contributed by atoms with Crippen molar-refractivity contribution in [2.45, 2.75) is 26.2 Å². The van der Waals surface area contributed by atoms with E-state index >= 15 is 0 Å². The van der Waals surface area contributed by atoms with Crippen molar-refractivity contribution in [1.29, 1.82) is 0 Å². The summed E-state index contributed by atoms with van der Waals surface area (Å²) in [5.41, 5.74) is 0. The highest BCUT2D eigenvalue weighted by atomic mass is 16.2. The molecule has 0 bridgehead atoms. The molecule has 0 aromatic carbocycles. The Morgan fingerprint density at radius 3 is 2.60 bits per heavy atom. The summed E-state index contributed by atoms with van der Waals surface area (Å²) in [6.45, 7) is 3.66. The van der Waals surface area contributed by atoms with Gasteiger partial charge in [-0.3, -0.25) is 0 Å². The Labute approximate surface area is 63.6 Å². The maximum absolute atomic E-state index is 8.52. The van der Waals surface area contributed by atoms with Crippen molar-refractivity contribution in [3.8, 4) is 0 Å². The van der Waals surface area contributed by atoms with Gasteiger partial charge in [0, 0.05) is 6.61 Å². The van der Waals surface area contributed by atoms with Crippen LogP contribution in [-0.4, -0.2) is 25.3 Å². The van der Waals surface area contributed by atoms with Gasteiger partial charge in [0.05, 0.1) is 0 Å². The summed E-state index contributed by atoms with van der Waals surface area (Å²) in [6, 6.07) is 0. The monoisotopic (exact) mass is 145 g/mol. The predicted molar refractivity (Wildman–Crippen MR) is 44.0 cm³/mol. The van der Waals surface area contributed by atoms with Crippen LogP contribution in [0.4, 0.5) is 0 Å². The fourth-order valence-electron chi connectivity index (χ4n) is 0.975. The molecule has 0 fully saturated rings. The van der Waals surface area contributed by atoms with Gasteiger partial charge in [-0.05, 0) is 38.8 Å². The van der Waals surface area contributed by atoms with Crippen molar-refractivity contribution < 1.29 is 5.11 Å². The molecule has 2 nitrogen and oxygen atoms in total. The number of aliphatic hydroxyl groups excluding tert-OH is 1. The van der Waals surface area contributed by atoms with Crippen LogP contribution in [0.3, 0.4) is 0 Å². The zero-order valence-corrected chi connectivity index (χ0v) is 7.06. The second-order valence-corrected chi connectivity index (χ2v) is 2.86. The van der Waals surface area contributed by atoms with Crippen molar-refractivity contribution in [2.75, 3.05) is 20.2 Å². The maximum atomic E-state index is 8.52. The molecule has 62 valence electrons. The van der Waals surface area contributed by atoms with Gasteiger partial charge in [0.2, 0.25) is 0 Å². The Morgan fingerprint density at radius 2 is 2.10 bits per heavy atom. The molecule has 2 heteroatoms. The Bertz CT molecular complexity index is 58.3. The highest BCUT2D eigenvalue weighted by molar-refractivity contribution is 4.53. The summed E-state index contributed by atoms with van der Waals surface area (Å²) in [7, 11) is 1.97. The average Bonchev–Trinajstić information content (AvgIpc) is 1.97. The highest BCUT2D eigenvalue weighted by Gasteiger charge is 1.99. The fourth-order valence-corrected chi connectivity index (χ4v) is 0.975. The summed E-state index contributed by atoms with van der Waals surface area (Å²) >= 11 is 0. The summed E-state index contributed by atoms with van der Waals surface area (Å²) in [5, 5.41) is 11.6. The molecule has 1 atom stereocenters. The van der Waals surface area contributed by atoms with E-state index in [9.17, 15) is 0 Å². The smallest absolute Gasteiger partial charge is 0.0431 e. The van der Waals surface area contributed by atoms with Gasteiger partial charge >= 0.3 is 0 Å². The third-order valence-electron chi connectivity index (χ3n) is 1.74. The van der Waals surface area contributed by atoms with Crippen molar-refractivity contribution in [1.82, 2.24) is 5.32 Å². The van der Waals surface area contributed by atoms with Crippen LogP contribution in [0, 0.1) is 5.92 Å². The van der Waals surface area contributed by atoms with Crippen molar-refractivity contribution in [3.05, 3.63) is 0 Å². The van der Waals surface area contributed by atoms with E-state index in [1.807, 2.05) is 7.05 Å². The van der Waals surface area contributed by atoms with Crippen molar-refractivity contribution in [2.24, 2.45) is 5.92 Å². The van der Waals surface area contributed by atoms with Gasteiger partial charge in [-0.1, -0.05) is 6.92 Å². The maximum Gasteiger partial charge on any atom is 0.0431 e. The Hall–Kier alpha value is -0.0800. The zero-order chi connectivity index (χ0) is 7.82. The first kappa shape index (κ1) is 9.92. The molecule has 0 aliphatic carbocycles. The van der Waals surface area contributed by atoms with Gasteiger partial charge in [-0.2, -0.15) is 0 Å². The lowest BCUT2D eigenvalue weighted by atomic mass is 10.0. The van der Waals surface area contributed by atoms with Crippen LogP contribution in [0.2, 0.25) is 0 Å². The number of hydrogen-bond donors (Lipinski definition) is 2. The molecule has 0 spiro atoms. The standard InChI is InChI=1S/C8H19NO/c1-8(4-3-7-10)5-6-9-2/h8-10H,3-7H2,1-2H3/t8-/m1/s1. The molecule has 0 saturated carbocycles. The summed E-state index contributed by atoms with van der Waals surface area (Å²) < 4.78 is 0. The highest BCUT2D eigenvalue weighted by Crippen LogP contribution is 2.07. The molecule has 0 amide bonds. The first-order valence-corrected chi connectivity index (χ1v) is 4.06. The second-order valence-electron chi connectivity index (χ2n) is 2.86. The van der Waals surface area contributed by atoms with Gasteiger partial charge in [-0.15, -0.1) is 0 Å². The molecule has 2 N–H and O–H groups in total. The minimum absolute atomic E-state index is 0.337. The molecule has 0 rings (SSSR count). The number of hydrogen-bond acceptors (Lipinski definition) is 2. The molecule has 0 unspecified atom stereocenters. The molecule has 0 aliphatic rings. The summed E-state index contributed by atoms with van der Waals surface area (Å²) in [4.78, 5) is 0. The molecule has 0 saturated heterocycles. The number of rotatable bonds is 6. The third kappa shape index (κ3) is 6.05. The Morgan fingerprint density at radius 1 is 1.40 bits per heavy atom. The van der Waals surface area contributed by atoms with E-state index in [0.29, 0.717) is 6.61 Å². The zero-order valence-electron chi connectivity index (χ0n) is 7.06. The lowest BCUT2D eigenvalue weighted by molar-refractivity contribution is 0.271. The fraction of sp³-hybridized carbons (Fsp3) is 1.00. The van der Waals surface area contributed by atoms with Crippen molar-refractivity contribution >= 4 is 0 Å². The van der Waals surface area contributed by atoms with Gasteiger partial charge in [0.15, 0.2) is 0 Å². The summed E-state index contributed by atoms with van der Waals surface area (Å²) in [6.07, 6.45) is 3.32. The van der Waals surface area contributed by atoms with Crippen LogP contribution >= 0.6 is 0 Å². The average molecular weight is 145 g/mol. The number of nitrogens with one attached hydrogen (secondary N) is 1. The molecule has 0 radical (unpaired) electrons. The van der Waals surface area contributed by atoms with Crippen LogP contribution in [-0.2, 0) is 0 Å². The first-order valence-electron chi connectivity index (χ1n) is 4.06. The second kappa shape index (κ2) is 7.03. The quantitative estimate of drug-likeness (QED) is 0.584.